The van der Waals surface area contributed by atoms with E-state index in [4.69, 9.17) is 4.74 Å². The van der Waals surface area contributed by atoms with Gasteiger partial charge in [0, 0.05) is 35.6 Å². The molecule has 5 aromatic rings. The molecule has 6 rings (SSSR count). The number of aromatic amines is 1. The van der Waals surface area contributed by atoms with E-state index >= 15 is 4.39 Å². The predicted molar refractivity (Wildman–Crippen MR) is 156 cm³/mol. The zero-order valence-electron chi connectivity index (χ0n) is 21.7. The number of hydrogen-bond acceptors (Lipinski definition) is 6. The van der Waals surface area contributed by atoms with E-state index in [2.05, 4.69) is 15.0 Å². The number of fused-ring (bicyclic) bond motifs is 2. The quantitative estimate of drug-likeness (QED) is 0.233. The highest BCUT2D eigenvalue weighted by Crippen LogP contribution is 2.40. The molecule has 3 aromatic carbocycles. The summed E-state index contributed by atoms with van der Waals surface area (Å²) in [7, 11) is 0. The molecular weight excluding hydrogens is 547 g/mol. The summed E-state index contributed by atoms with van der Waals surface area (Å²) in [6.07, 6.45) is 1.27. The average Bonchev–Trinajstić information content (AvgIpc) is 3.74. The van der Waals surface area contributed by atoms with E-state index in [9.17, 15) is 19.2 Å². The van der Waals surface area contributed by atoms with Crippen molar-refractivity contribution in [3.63, 3.8) is 0 Å². The molecule has 0 saturated heterocycles. The highest BCUT2D eigenvalue weighted by Gasteiger charge is 2.29. The predicted octanol–water partition coefficient (Wildman–Crippen LogP) is 5.30. The maximum absolute atomic E-state index is 15.3. The maximum atomic E-state index is 15.3. The fourth-order valence-corrected chi connectivity index (χ4v) is 5.70. The number of ether oxygens (including phenoxy) is 1. The van der Waals surface area contributed by atoms with Crippen LogP contribution in [0.4, 0.5) is 14.9 Å². The number of pyridine rings is 1. The van der Waals surface area contributed by atoms with Crippen molar-refractivity contribution in [2.45, 2.75) is 31.9 Å². The number of rotatable bonds is 8. The van der Waals surface area contributed by atoms with E-state index in [0.29, 0.717) is 27.2 Å². The Morgan fingerprint density at radius 1 is 1.05 bits per heavy atom. The molecule has 0 unspecified atom stereocenters. The minimum atomic E-state index is -0.609. The molecule has 2 heterocycles. The summed E-state index contributed by atoms with van der Waals surface area (Å²) in [5.74, 6) is -0.883. The Morgan fingerprint density at radius 3 is 2.54 bits per heavy atom. The number of carbonyl (C=O) groups is 2. The van der Waals surface area contributed by atoms with Crippen LogP contribution in [0.25, 0.3) is 32.2 Å². The van der Waals surface area contributed by atoms with Crippen LogP contribution in [-0.2, 0) is 16.1 Å². The molecular formula is C30H25FN4O5S. The molecule has 1 aliphatic carbocycles. The number of nitrogens with zero attached hydrogens (tertiary/aromatic N) is 1. The van der Waals surface area contributed by atoms with Crippen LogP contribution in [0.3, 0.4) is 0 Å². The van der Waals surface area contributed by atoms with Crippen LogP contribution in [0.1, 0.15) is 30.9 Å². The third-order valence-corrected chi connectivity index (χ3v) is 7.82. The van der Waals surface area contributed by atoms with Crippen LogP contribution in [0.5, 0.6) is 0 Å². The van der Waals surface area contributed by atoms with Gasteiger partial charge in [0.15, 0.2) is 0 Å². The summed E-state index contributed by atoms with van der Waals surface area (Å²) in [5, 5.41) is 5.55. The number of carbonyl (C=O) groups excluding carboxylic acids is 2. The van der Waals surface area contributed by atoms with Gasteiger partial charge in [0.25, 0.3) is 5.56 Å². The van der Waals surface area contributed by atoms with E-state index in [0.717, 1.165) is 29.9 Å². The molecule has 1 aliphatic rings. The van der Waals surface area contributed by atoms with E-state index < -0.39 is 22.9 Å². The molecule has 41 heavy (non-hydrogen) atoms. The molecule has 11 heteroatoms. The number of nitrogens with one attached hydrogen (secondary N) is 3. The van der Waals surface area contributed by atoms with E-state index in [1.54, 1.807) is 30.3 Å². The van der Waals surface area contributed by atoms with Gasteiger partial charge in [0.2, 0.25) is 11.3 Å². The zero-order chi connectivity index (χ0) is 28.5. The highest BCUT2D eigenvalue weighted by atomic mass is 32.1. The second-order valence-electron chi connectivity index (χ2n) is 9.86. The minimum absolute atomic E-state index is 0.0415. The minimum Gasteiger partial charge on any atom is -0.445 e. The van der Waals surface area contributed by atoms with Crippen molar-refractivity contribution < 1.29 is 18.7 Å². The van der Waals surface area contributed by atoms with Crippen molar-refractivity contribution in [2.75, 3.05) is 11.9 Å². The molecule has 0 radical (unpaired) electrons. The third kappa shape index (κ3) is 5.48. The average molecular weight is 573 g/mol. The van der Waals surface area contributed by atoms with Crippen LogP contribution in [0, 0.1) is 5.82 Å². The SMILES string of the molecule is O=C(CCNC(=O)OCc1ccccc1)Nc1ccc(-c2cc3c(cc2F)c(=O)c2c(=O)[nH]sc2n3C2CC2)cc1. The van der Waals surface area contributed by atoms with Crippen molar-refractivity contribution in [2.24, 2.45) is 0 Å². The van der Waals surface area contributed by atoms with Crippen molar-refractivity contribution in [1.82, 2.24) is 14.3 Å². The Balaban J connectivity index is 1.13. The Kier molecular flexibility index (Phi) is 7.10. The van der Waals surface area contributed by atoms with E-state index in [1.165, 1.54) is 6.07 Å². The first-order chi connectivity index (χ1) is 19.9. The van der Waals surface area contributed by atoms with Crippen LogP contribution >= 0.6 is 11.5 Å². The molecule has 3 N–H and O–H groups in total. The van der Waals surface area contributed by atoms with Gasteiger partial charge in [-0.2, -0.15) is 0 Å². The Bertz CT molecular complexity index is 1890. The van der Waals surface area contributed by atoms with Crippen LogP contribution in [0.2, 0.25) is 0 Å². The summed E-state index contributed by atoms with van der Waals surface area (Å²) in [5.41, 5.74) is 1.92. The van der Waals surface area contributed by atoms with Gasteiger partial charge in [-0.05, 0) is 59.8 Å². The molecule has 208 valence electrons. The van der Waals surface area contributed by atoms with E-state index in [1.807, 2.05) is 34.9 Å². The van der Waals surface area contributed by atoms with Crippen molar-refractivity contribution >= 4 is 50.3 Å². The number of halogens is 1. The van der Waals surface area contributed by atoms with Crippen molar-refractivity contribution in [3.05, 3.63) is 98.7 Å². The summed E-state index contributed by atoms with van der Waals surface area (Å²) < 4.78 is 25.0. The summed E-state index contributed by atoms with van der Waals surface area (Å²) >= 11 is 1.12. The van der Waals surface area contributed by atoms with E-state index in [-0.39, 0.29) is 42.3 Å². The molecule has 9 nitrogen and oxygen atoms in total. The highest BCUT2D eigenvalue weighted by molar-refractivity contribution is 7.12. The first-order valence-corrected chi connectivity index (χ1v) is 13.9. The van der Waals surface area contributed by atoms with Crippen LogP contribution < -0.4 is 21.6 Å². The van der Waals surface area contributed by atoms with Gasteiger partial charge in [-0.1, -0.05) is 42.5 Å². The molecule has 0 aliphatic heterocycles. The Labute approximate surface area is 236 Å². The van der Waals surface area contributed by atoms with Gasteiger partial charge < -0.3 is 19.9 Å². The van der Waals surface area contributed by atoms with Crippen LogP contribution in [0.15, 0.2) is 76.3 Å². The second-order valence-corrected chi connectivity index (χ2v) is 10.7. The maximum Gasteiger partial charge on any atom is 0.407 e. The van der Waals surface area contributed by atoms with Gasteiger partial charge in [0.05, 0.1) is 5.52 Å². The van der Waals surface area contributed by atoms with Crippen LogP contribution in [-0.4, -0.2) is 27.5 Å². The molecule has 0 atom stereocenters. The monoisotopic (exact) mass is 572 g/mol. The van der Waals surface area contributed by atoms with Gasteiger partial charge in [-0.3, -0.25) is 18.8 Å². The Hall–Kier alpha value is -4.77. The number of hydrogen-bond donors (Lipinski definition) is 3. The number of alkyl carbamates (subject to hydrolysis) is 1. The number of benzene rings is 3. The molecule has 1 saturated carbocycles. The lowest BCUT2D eigenvalue weighted by atomic mass is 10.0. The zero-order valence-corrected chi connectivity index (χ0v) is 22.6. The largest absolute Gasteiger partial charge is 0.445 e. The topological polar surface area (TPSA) is 122 Å². The first-order valence-electron chi connectivity index (χ1n) is 13.1. The summed E-state index contributed by atoms with van der Waals surface area (Å²) in [4.78, 5) is 50.1. The second kappa shape index (κ2) is 11.0. The third-order valence-electron chi connectivity index (χ3n) is 6.94. The molecule has 1 fully saturated rings. The fraction of sp³-hybridized carbons (Fsp3) is 0.200. The van der Waals surface area contributed by atoms with Gasteiger partial charge >= 0.3 is 6.09 Å². The van der Waals surface area contributed by atoms with Crippen molar-refractivity contribution in [3.8, 4) is 11.1 Å². The molecule has 2 aromatic heterocycles. The summed E-state index contributed by atoms with van der Waals surface area (Å²) in [6, 6.07) is 19.0. The number of anilines is 1. The normalized spacial score (nSPS) is 12.9. The van der Waals surface area contributed by atoms with Gasteiger partial charge in [-0.15, -0.1) is 0 Å². The Morgan fingerprint density at radius 2 is 1.80 bits per heavy atom. The lowest BCUT2D eigenvalue weighted by Gasteiger charge is -2.14. The smallest absolute Gasteiger partial charge is 0.407 e. The van der Waals surface area contributed by atoms with Crippen molar-refractivity contribution in [1.29, 1.82) is 0 Å². The number of aromatic nitrogens is 2. The lowest BCUT2D eigenvalue weighted by molar-refractivity contribution is -0.116. The van der Waals surface area contributed by atoms with Gasteiger partial charge in [-0.25, -0.2) is 9.18 Å². The molecule has 0 bridgehead atoms. The fourth-order valence-electron chi connectivity index (χ4n) is 4.78. The number of amides is 2. The standard InChI is InChI=1S/C30H25FN4O5S/c31-23-14-22-24(35(20-10-11-20)29-26(27(22)37)28(38)34-41-29)15-21(23)18-6-8-19(9-7-18)33-25(36)12-13-32-30(39)40-16-17-4-2-1-3-5-17/h1-9,14-15,20H,10-13,16H2,(H,32,39)(H,33,36)(H,34,38). The lowest BCUT2D eigenvalue weighted by Crippen LogP contribution is -2.28. The molecule has 0 spiro atoms. The number of H-pyrrole nitrogens is 1. The van der Waals surface area contributed by atoms with Gasteiger partial charge in [0.1, 0.15) is 22.6 Å². The first kappa shape index (κ1) is 26.5. The molecule has 2 amide bonds. The summed E-state index contributed by atoms with van der Waals surface area (Å²) in [6.45, 7) is 0.241.